The molecule has 28 heavy (non-hydrogen) atoms. The second-order valence-electron chi connectivity index (χ2n) is 5.75. The van der Waals surface area contributed by atoms with E-state index in [0.717, 1.165) is 11.1 Å². The van der Waals surface area contributed by atoms with Gasteiger partial charge in [-0.15, -0.1) is 24.0 Å². The van der Waals surface area contributed by atoms with Crippen LogP contribution in [0.2, 0.25) is 5.02 Å². The molecule has 2 aromatic carbocycles. The first-order valence-corrected chi connectivity index (χ1v) is 8.79. The van der Waals surface area contributed by atoms with Crippen LogP contribution < -0.4 is 10.6 Å². The van der Waals surface area contributed by atoms with Gasteiger partial charge in [0.2, 0.25) is 11.7 Å². The molecule has 3 rings (SSSR count). The van der Waals surface area contributed by atoms with E-state index < -0.39 is 0 Å². The Morgan fingerprint density at radius 3 is 2.75 bits per heavy atom. The largest absolute Gasteiger partial charge is 0.356 e. The molecule has 0 unspecified atom stereocenters. The molecule has 1 aromatic heterocycles. The molecule has 0 aliphatic carbocycles. The number of aliphatic imine (C=N–C) groups is 1. The summed E-state index contributed by atoms with van der Waals surface area (Å²) in [7, 11) is 1.67. The fourth-order valence-corrected chi connectivity index (χ4v) is 2.63. The number of hydrogen-bond acceptors (Lipinski definition) is 4. The predicted molar refractivity (Wildman–Crippen MR) is 118 cm³/mol. The van der Waals surface area contributed by atoms with Crippen molar-refractivity contribution in [2.24, 2.45) is 4.99 Å². The zero-order valence-corrected chi connectivity index (χ0v) is 18.2. The van der Waals surface area contributed by atoms with Crippen LogP contribution in [0.5, 0.6) is 0 Å². The van der Waals surface area contributed by atoms with Gasteiger partial charge in [-0.05, 0) is 29.8 Å². The fourth-order valence-electron chi connectivity index (χ4n) is 2.44. The third-order valence-corrected chi connectivity index (χ3v) is 3.99. The van der Waals surface area contributed by atoms with E-state index in [9.17, 15) is 4.39 Å². The topological polar surface area (TPSA) is 75.3 Å². The highest BCUT2D eigenvalue weighted by molar-refractivity contribution is 14.0. The number of halogens is 3. The van der Waals surface area contributed by atoms with E-state index in [-0.39, 0.29) is 29.8 Å². The van der Waals surface area contributed by atoms with Crippen LogP contribution in [0.25, 0.3) is 11.4 Å². The molecule has 0 radical (unpaired) electrons. The standard InChI is InChI=1S/C19H19ClFN5O.HI/c1-22-19(24-12-13-4-2-7-16(21)10-13)23-9-8-17-25-18(26-27-17)14-5-3-6-15(20)11-14;/h2-7,10-11H,8-9,12H2,1H3,(H2,22,23,24);1H. The molecule has 0 saturated heterocycles. The summed E-state index contributed by atoms with van der Waals surface area (Å²) in [5.41, 5.74) is 1.64. The Hall–Kier alpha value is -2.20. The number of benzene rings is 2. The molecule has 0 saturated carbocycles. The number of rotatable bonds is 6. The number of hydrogen-bond donors (Lipinski definition) is 2. The predicted octanol–water partition coefficient (Wildman–Crippen LogP) is 4.05. The van der Waals surface area contributed by atoms with Crippen LogP contribution in [0.15, 0.2) is 58.0 Å². The summed E-state index contributed by atoms with van der Waals surface area (Å²) < 4.78 is 18.5. The molecule has 0 spiro atoms. The maximum absolute atomic E-state index is 13.2. The van der Waals surface area contributed by atoms with E-state index in [1.54, 1.807) is 25.2 Å². The van der Waals surface area contributed by atoms with Crippen molar-refractivity contribution in [2.75, 3.05) is 13.6 Å². The van der Waals surface area contributed by atoms with Crippen LogP contribution in [0.3, 0.4) is 0 Å². The van der Waals surface area contributed by atoms with Crippen molar-refractivity contribution in [3.63, 3.8) is 0 Å². The van der Waals surface area contributed by atoms with Gasteiger partial charge in [0.05, 0.1) is 0 Å². The molecular formula is C19H20ClFIN5O. The minimum absolute atomic E-state index is 0. The van der Waals surface area contributed by atoms with Crippen LogP contribution in [-0.4, -0.2) is 29.7 Å². The zero-order chi connectivity index (χ0) is 19.1. The quantitative estimate of drug-likeness (QED) is 0.294. The molecular weight excluding hydrogens is 496 g/mol. The van der Waals surface area contributed by atoms with E-state index >= 15 is 0 Å². The first kappa shape index (κ1) is 22.1. The molecule has 0 atom stereocenters. The first-order chi connectivity index (χ1) is 13.1. The highest BCUT2D eigenvalue weighted by Gasteiger charge is 2.09. The second-order valence-corrected chi connectivity index (χ2v) is 6.19. The lowest BCUT2D eigenvalue weighted by Crippen LogP contribution is -2.37. The normalized spacial score (nSPS) is 11.0. The van der Waals surface area contributed by atoms with Gasteiger partial charge >= 0.3 is 0 Å². The van der Waals surface area contributed by atoms with E-state index in [0.29, 0.717) is 42.2 Å². The Balaban J connectivity index is 0.00000280. The molecule has 9 heteroatoms. The summed E-state index contributed by atoms with van der Waals surface area (Å²) in [5.74, 6) is 1.36. The van der Waals surface area contributed by atoms with Crippen molar-refractivity contribution < 1.29 is 8.91 Å². The lowest BCUT2D eigenvalue weighted by molar-refractivity contribution is 0.378. The molecule has 0 fully saturated rings. The maximum Gasteiger partial charge on any atom is 0.228 e. The van der Waals surface area contributed by atoms with Crippen molar-refractivity contribution in [1.82, 2.24) is 20.8 Å². The van der Waals surface area contributed by atoms with Crippen LogP contribution in [0.4, 0.5) is 4.39 Å². The van der Waals surface area contributed by atoms with E-state index in [1.165, 1.54) is 12.1 Å². The van der Waals surface area contributed by atoms with E-state index in [4.69, 9.17) is 16.1 Å². The highest BCUT2D eigenvalue weighted by Crippen LogP contribution is 2.19. The van der Waals surface area contributed by atoms with Gasteiger partial charge in [-0.3, -0.25) is 4.99 Å². The van der Waals surface area contributed by atoms with Gasteiger partial charge in [0.15, 0.2) is 5.96 Å². The lowest BCUT2D eigenvalue weighted by Gasteiger charge is -2.11. The third kappa shape index (κ3) is 6.45. The monoisotopic (exact) mass is 515 g/mol. The van der Waals surface area contributed by atoms with Gasteiger partial charge in [-0.1, -0.05) is 41.0 Å². The zero-order valence-electron chi connectivity index (χ0n) is 15.2. The average molecular weight is 516 g/mol. The van der Waals surface area contributed by atoms with Gasteiger partial charge in [0, 0.05) is 37.1 Å². The first-order valence-electron chi connectivity index (χ1n) is 8.41. The summed E-state index contributed by atoms with van der Waals surface area (Å²) in [6.07, 6.45) is 0.536. The van der Waals surface area contributed by atoms with Gasteiger partial charge < -0.3 is 15.2 Å². The van der Waals surface area contributed by atoms with Crippen LogP contribution in [0, 0.1) is 5.82 Å². The van der Waals surface area contributed by atoms with Crippen LogP contribution in [0.1, 0.15) is 11.5 Å². The molecule has 0 aliphatic rings. The molecule has 148 valence electrons. The Kier molecular flexibility index (Phi) is 8.65. The number of guanidine groups is 1. The minimum atomic E-state index is -0.260. The molecule has 2 N–H and O–H groups in total. The Labute approximate surface area is 184 Å². The van der Waals surface area contributed by atoms with Gasteiger partial charge in [0.25, 0.3) is 0 Å². The molecule has 0 bridgehead atoms. The molecule has 3 aromatic rings. The SMILES string of the molecule is CN=C(NCCc1nc(-c2cccc(Cl)c2)no1)NCc1cccc(F)c1.I. The third-order valence-electron chi connectivity index (χ3n) is 3.75. The Morgan fingerprint density at radius 1 is 1.18 bits per heavy atom. The summed E-state index contributed by atoms with van der Waals surface area (Å²) in [6, 6.07) is 13.7. The minimum Gasteiger partial charge on any atom is -0.356 e. The number of nitrogens with zero attached hydrogens (tertiary/aromatic N) is 3. The summed E-state index contributed by atoms with van der Waals surface area (Å²) >= 11 is 5.98. The highest BCUT2D eigenvalue weighted by atomic mass is 127. The number of nitrogens with one attached hydrogen (secondary N) is 2. The molecule has 0 amide bonds. The van der Waals surface area contributed by atoms with Crippen LogP contribution in [-0.2, 0) is 13.0 Å². The molecule has 1 heterocycles. The van der Waals surface area contributed by atoms with Crippen molar-refractivity contribution in [3.05, 3.63) is 70.8 Å². The smallest absolute Gasteiger partial charge is 0.228 e. The van der Waals surface area contributed by atoms with E-state index in [2.05, 4.69) is 25.8 Å². The summed E-state index contributed by atoms with van der Waals surface area (Å²) in [6.45, 7) is 1.02. The number of aromatic nitrogens is 2. The fraction of sp³-hybridized carbons (Fsp3) is 0.211. The lowest BCUT2D eigenvalue weighted by atomic mass is 10.2. The molecule has 0 aliphatic heterocycles. The Morgan fingerprint density at radius 2 is 2.00 bits per heavy atom. The Bertz CT molecular complexity index is 934. The summed E-state index contributed by atoms with van der Waals surface area (Å²) in [5, 5.41) is 10.9. The average Bonchev–Trinajstić information content (AvgIpc) is 3.13. The molecule has 6 nitrogen and oxygen atoms in total. The van der Waals surface area contributed by atoms with Crippen molar-refractivity contribution in [2.45, 2.75) is 13.0 Å². The van der Waals surface area contributed by atoms with Crippen molar-refractivity contribution in [3.8, 4) is 11.4 Å². The van der Waals surface area contributed by atoms with Gasteiger partial charge in [-0.2, -0.15) is 4.98 Å². The van der Waals surface area contributed by atoms with E-state index in [1.807, 2.05) is 18.2 Å². The second kappa shape index (κ2) is 11.0. The van der Waals surface area contributed by atoms with Gasteiger partial charge in [-0.25, -0.2) is 4.39 Å². The summed E-state index contributed by atoms with van der Waals surface area (Å²) in [4.78, 5) is 8.51. The van der Waals surface area contributed by atoms with Gasteiger partial charge in [0.1, 0.15) is 5.82 Å². The van der Waals surface area contributed by atoms with Crippen molar-refractivity contribution in [1.29, 1.82) is 0 Å². The maximum atomic E-state index is 13.2. The van der Waals surface area contributed by atoms with Crippen LogP contribution >= 0.6 is 35.6 Å². The van der Waals surface area contributed by atoms with Crippen molar-refractivity contribution >= 4 is 41.5 Å².